The molecule has 0 aromatic heterocycles. The Kier molecular flexibility index (Phi) is 5.65. The molecule has 4 heteroatoms. The van der Waals surface area contributed by atoms with E-state index in [0.717, 1.165) is 11.3 Å². The second-order valence-corrected chi connectivity index (χ2v) is 4.63. The molecule has 0 radical (unpaired) electrons. The summed E-state index contributed by atoms with van der Waals surface area (Å²) in [5.41, 5.74) is 1.08. The van der Waals surface area contributed by atoms with Crippen molar-refractivity contribution < 1.29 is 14.6 Å². The Hall–Kier alpha value is -1.55. The highest BCUT2D eigenvalue weighted by molar-refractivity contribution is 5.77. The first-order valence-corrected chi connectivity index (χ1v) is 6.16. The molecule has 1 atom stereocenters. The highest BCUT2D eigenvalue weighted by Gasteiger charge is 2.10. The van der Waals surface area contributed by atoms with Crippen LogP contribution in [0.5, 0.6) is 5.75 Å². The van der Waals surface area contributed by atoms with Crippen LogP contribution in [0.25, 0.3) is 0 Å². The number of amides is 1. The molecule has 0 bridgehead atoms. The minimum absolute atomic E-state index is 0.0337. The molecule has 18 heavy (non-hydrogen) atoms. The minimum Gasteiger partial charge on any atom is -0.483 e. The summed E-state index contributed by atoms with van der Waals surface area (Å²) >= 11 is 0. The monoisotopic (exact) mass is 251 g/mol. The van der Waals surface area contributed by atoms with E-state index in [9.17, 15) is 4.79 Å². The maximum absolute atomic E-state index is 11.5. The van der Waals surface area contributed by atoms with Gasteiger partial charge >= 0.3 is 0 Å². The van der Waals surface area contributed by atoms with E-state index in [1.807, 2.05) is 24.3 Å². The second-order valence-electron chi connectivity index (χ2n) is 4.63. The zero-order chi connectivity index (χ0) is 13.5. The highest BCUT2D eigenvalue weighted by Crippen LogP contribution is 2.25. The number of benzene rings is 1. The van der Waals surface area contributed by atoms with Crippen LogP contribution in [0.15, 0.2) is 24.3 Å². The zero-order valence-electron chi connectivity index (χ0n) is 11.1. The smallest absolute Gasteiger partial charge is 0.258 e. The topological polar surface area (TPSA) is 58.6 Å². The fraction of sp³-hybridized carbons (Fsp3) is 0.500. The molecule has 0 aliphatic carbocycles. The molecule has 0 saturated carbocycles. The molecule has 0 unspecified atom stereocenters. The summed E-state index contributed by atoms with van der Waals surface area (Å²) in [5, 5.41) is 11.5. The minimum atomic E-state index is -0.249. The number of aliphatic hydroxyl groups excluding tert-OH is 1. The third-order valence-corrected chi connectivity index (χ3v) is 2.58. The van der Waals surface area contributed by atoms with Crippen LogP contribution in [0, 0.1) is 0 Å². The molecule has 0 spiro atoms. The van der Waals surface area contributed by atoms with Crippen LogP contribution in [-0.2, 0) is 4.79 Å². The van der Waals surface area contributed by atoms with Crippen LogP contribution in [0.1, 0.15) is 32.3 Å². The number of carbonyl (C=O) groups excluding carboxylic acids is 1. The quantitative estimate of drug-likeness (QED) is 0.809. The maximum atomic E-state index is 11.5. The Morgan fingerprint density at radius 2 is 2.00 bits per heavy atom. The number of hydrogen-bond donors (Lipinski definition) is 2. The molecule has 0 aliphatic heterocycles. The number of para-hydroxylation sites is 1. The molecule has 0 aliphatic rings. The van der Waals surface area contributed by atoms with Crippen molar-refractivity contribution in [3.63, 3.8) is 0 Å². The van der Waals surface area contributed by atoms with Crippen molar-refractivity contribution in [2.24, 2.45) is 0 Å². The summed E-state index contributed by atoms with van der Waals surface area (Å²) in [5.74, 6) is 0.857. The fourth-order valence-corrected chi connectivity index (χ4v) is 1.59. The van der Waals surface area contributed by atoms with Crippen molar-refractivity contribution in [3.8, 4) is 5.75 Å². The summed E-state index contributed by atoms with van der Waals surface area (Å²) in [6.45, 7) is 5.79. The van der Waals surface area contributed by atoms with Gasteiger partial charge in [0.25, 0.3) is 5.91 Å². The third kappa shape index (κ3) is 4.37. The van der Waals surface area contributed by atoms with Crippen molar-refractivity contribution in [1.82, 2.24) is 5.32 Å². The summed E-state index contributed by atoms with van der Waals surface area (Å²) in [7, 11) is 0. The first-order chi connectivity index (χ1) is 8.54. The summed E-state index contributed by atoms with van der Waals surface area (Å²) in [6, 6.07) is 7.44. The van der Waals surface area contributed by atoms with Crippen molar-refractivity contribution in [2.45, 2.75) is 32.7 Å². The molecular formula is C14H21NO3. The molecule has 4 nitrogen and oxygen atoms in total. The lowest BCUT2D eigenvalue weighted by atomic mass is 10.0. The van der Waals surface area contributed by atoms with Gasteiger partial charge in [-0.3, -0.25) is 4.79 Å². The van der Waals surface area contributed by atoms with E-state index in [4.69, 9.17) is 9.84 Å². The SMILES string of the molecule is CC(C)c1ccccc1OCC(=O)N[C@@H](C)CO. The molecule has 1 aromatic rings. The van der Waals surface area contributed by atoms with Gasteiger partial charge < -0.3 is 15.2 Å². The molecule has 1 rings (SSSR count). The highest BCUT2D eigenvalue weighted by atomic mass is 16.5. The van der Waals surface area contributed by atoms with Crippen LogP contribution in [0.3, 0.4) is 0 Å². The summed E-state index contributed by atoms with van der Waals surface area (Å²) in [4.78, 5) is 11.5. The van der Waals surface area contributed by atoms with Gasteiger partial charge in [-0.25, -0.2) is 0 Å². The average Bonchev–Trinajstić information content (AvgIpc) is 2.36. The van der Waals surface area contributed by atoms with Gasteiger partial charge in [-0.1, -0.05) is 32.0 Å². The Labute approximate surface area is 108 Å². The van der Waals surface area contributed by atoms with Crippen molar-refractivity contribution in [1.29, 1.82) is 0 Å². The number of aliphatic hydroxyl groups is 1. The Bertz CT molecular complexity index is 390. The standard InChI is InChI=1S/C14H21NO3/c1-10(2)12-6-4-5-7-13(12)18-9-14(17)15-11(3)8-16/h4-7,10-11,16H,8-9H2,1-3H3,(H,15,17)/t11-/m0/s1. The number of carbonyl (C=O) groups is 1. The van der Waals surface area contributed by atoms with Crippen LogP contribution in [-0.4, -0.2) is 30.3 Å². The molecule has 1 aromatic carbocycles. The molecule has 0 saturated heterocycles. The predicted molar refractivity (Wildman–Crippen MR) is 70.7 cm³/mol. The van der Waals surface area contributed by atoms with Crippen LogP contribution >= 0.6 is 0 Å². The van der Waals surface area contributed by atoms with Crippen LogP contribution < -0.4 is 10.1 Å². The van der Waals surface area contributed by atoms with Gasteiger partial charge in [0.15, 0.2) is 6.61 Å². The Morgan fingerprint density at radius 3 is 2.61 bits per heavy atom. The summed E-state index contributed by atoms with van der Waals surface area (Å²) in [6.07, 6.45) is 0. The number of hydrogen-bond acceptors (Lipinski definition) is 3. The average molecular weight is 251 g/mol. The molecular weight excluding hydrogens is 230 g/mol. The molecule has 100 valence electrons. The maximum Gasteiger partial charge on any atom is 0.258 e. The lowest BCUT2D eigenvalue weighted by molar-refractivity contribution is -0.124. The van der Waals surface area contributed by atoms with E-state index >= 15 is 0 Å². The van der Waals surface area contributed by atoms with Crippen molar-refractivity contribution in [3.05, 3.63) is 29.8 Å². The van der Waals surface area contributed by atoms with Gasteiger partial charge in [-0.05, 0) is 24.5 Å². The van der Waals surface area contributed by atoms with E-state index < -0.39 is 0 Å². The number of nitrogens with one attached hydrogen (secondary N) is 1. The normalized spacial score (nSPS) is 12.3. The van der Waals surface area contributed by atoms with Gasteiger partial charge in [0, 0.05) is 6.04 Å². The van der Waals surface area contributed by atoms with Crippen LogP contribution in [0.2, 0.25) is 0 Å². The third-order valence-electron chi connectivity index (χ3n) is 2.58. The van der Waals surface area contributed by atoms with Gasteiger partial charge in [0.2, 0.25) is 0 Å². The van der Waals surface area contributed by atoms with E-state index in [1.54, 1.807) is 6.92 Å². The molecule has 0 heterocycles. The van der Waals surface area contributed by atoms with E-state index in [-0.39, 0.29) is 25.2 Å². The van der Waals surface area contributed by atoms with E-state index in [2.05, 4.69) is 19.2 Å². The largest absolute Gasteiger partial charge is 0.483 e. The predicted octanol–water partition coefficient (Wildman–Crippen LogP) is 1.69. The number of ether oxygens (including phenoxy) is 1. The van der Waals surface area contributed by atoms with Gasteiger partial charge in [-0.15, -0.1) is 0 Å². The zero-order valence-corrected chi connectivity index (χ0v) is 11.1. The van der Waals surface area contributed by atoms with Crippen molar-refractivity contribution >= 4 is 5.91 Å². The number of rotatable bonds is 6. The fourth-order valence-electron chi connectivity index (χ4n) is 1.59. The first-order valence-electron chi connectivity index (χ1n) is 6.16. The Morgan fingerprint density at radius 1 is 1.33 bits per heavy atom. The summed E-state index contributed by atoms with van der Waals surface area (Å²) < 4.78 is 5.51. The van der Waals surface area contributed by atoms with Gasteiger partial charge in [0.05, 0.1) is 6.61 Å². The van der Waals surface area contributed by atoms with Crippen molar-refractivity contribution in [2.75, 3.05) is 13.2 Å². The molecule has 2 N–H and O–H groups in total. The van der Waals surface area contributed by atoms with Gasteiger partial charge in [-0.2, -0.15) is 0 Å². The second kappa shape index (κ2) is 7.01. The molecule has 1 amide bonds. The van der Waals surface area contributed by atoms with Gasteiger partial charge in [0.1, 0.15) is 5.75 Å². The lowest BCUT2D eigenvalue weighted by Crippen LogP contribution is -2.38. The first kappa shape index (κ1) is 14.5. The van der Waals surface area contributed by atoms with Crippen LogP contribution in [0.4, 0.5) is 0 Å². The lowest BCUT2D eigenvalue weighted by Gasteiger charge is -2.15. The Balaban J connectivity index is 2.56. The van der Waals surface area contributed by atoms with E-state index in [0.29, 0.717) is 5.92 Å². The molecule has 0 fully saturated rings. The van der Waals surface area contributed by atoms with E-state index in [1.165, 1.54) is 0 Å².